The molecule has 3 aromatic carbocycles. The highest BCUT2D eigenvalue weighted by Crippen LogP contribution is 2.40. The number of nitrogens with zero attached hydrogens (tertiary/aromatic N) is 2. The zero-order valence-corrected chi connectivity index (χ0v) is 20.9. The number of nitrogens with two attached hydrogens (primary N) is 1. The topological polar surface area (TPSA) is 75.9 Å². The molecule has 184 valence electrons. The molecule has 0 spiro atoms. The molecule has 1 aliphatic rings. The van der Waals surface area contributed by atoms with Crippen LogP contribution in [0.3, 0.4) is 0 Å². The van der Waals surface area contributed by atoms with E-state index >= 15 is 0 Å². The van der Waals surface area contributed by atoms with Crippen LogP contribution < -0.4 is 15.6 Å². The summed E-state index contributed by atoms with van der Waals surface area (Å²) in [4.78, 5) is 26.0. The number of carbonyl (C=O) groups excluding carboxylic acids is 2. The molecule has 1 aliphatic heterocycles. The number of aldehydes is 1. The van der Waals surface area contributed by atoms with E-state index in [0.717, 1.165) is 29.3 Å². The predicted molar refractivity (Wildman–Crippen MR) is 145 cm³/mol. The van der Waals surface area contributed by atoms with Crippen LogP contribution in [0.4, 0.5) is 5.69 Å². The summed E-state index contributed by atoms with van der Waals surface area (Å²) < 4.78 is 7.20. The van der Waals surface area contributed by atoms with Gasteiger partial charge in [-0.2, -0.15) is 0 Å². The number of rotatable bonds is 9. The number of ether oxygens (including phenoxy) is 1. The van der Waals surface area contributed by atoms with E-state index in [1.165, 1.54) is 52.0 Å². The summed E-state index contributed by atoms with van der Waals surface area (Å²) in [6.07, 6.45) is 3.59. The third kappa shape index (κ3) is 5.33. The Bertz CT molecular complexity index is 1340. The highest BCUT2D eigenvalue weighted by molar-refractivity contribution is 7.22. The van der Waals surface area contributed by atoms with Crippen molar-refractivity contribution >= 4 is 39.3 Å². The maximum atomic E-state index is 11.6. The van der Waals surface area contributed by atoms with Crippen molar-refractivity contribution in [3.63, 3.8) is 0 Å². The minimum absolute atomic E-state index is 0.210. The standard InChI is InChI=1S/C29H29N3O3S/c30-32(28(34)20-33)23-11-9-22(10-12-23)29-26(25-5-1-2-6-27(25)36-29)19-21-7-13-24(14-8-21)35-18-17-31-15-3-4-16-31/h1-2,5-14,20H,3-4,15-19,30H2. The number of hydrogen-bond acceptors (Lipinski definition) is 6. The van der Waals surface area contributed by atoms with Crippen LogP contribution in [-0.4, -0.2) is 43.3 Å². The van der Waals surface area contributed by atoms with Crippen molar-refractivity contribution in [3.05, 3.63) is 83.9 Å². The zero-order valence-electron chi connectivity index (χ0n) is 20.1. The van der Waals surface area contributed by atoms with Gasteiger partial charge in [0.25, 0.3) is 0 Å². The molecule has 0 unspecified atom stereocenters. The molecule has 0 saturated carbocycles. The lowest BCUT2D eigenvalue weighted by molar-refractivity contribution is -0.129. The Hall–Kier alpha value is -3.52. The average Bonchev–Trinajstić information content (AvgIpc) is 3.57. The summed E-state index contributed by atoms with van der Waals surface area (Å²) in [5.41, 5.74) is 4.00. The van der Waals surface area contributed by atoms with Crippen LogP contribution in [0, 0.1) is 0 Å². The summed E-state index contributed by atoms with van der Waals surface area (Å²) in [6.45, 7) is 4.07. The lowest BCUT2D eigenvalue weighted by Crippen LogP contribution is -2.38. The lowest BCUT2D eigenvalue weighted by atomic mass is 9.99. The molecular weight excluding hydrogens is 470 g/mol. The van der Waals surface area contributed by atoms with Crippen molar-refractivity contribution in [2.45, 2.75) is 19.3 Å². The number of thiophene rings is 1. The number of carbonyl (C=O) groups is 2. The molecule has 1 fully saturated rings. The van der Waals surface area contributed by atoms with Gasteiger partial charge in [0.1, 0.15) is 12.4 Å². The van der Waals surface area contributed by atoms with E-state index in [1.807, 2.05) is 12.1 Å². The van der Waals surface area contributed by atoms with Crippen molar-refractivity contribution in [2.24, 2.45) is 5.84 Å². The fraction of sp³-hybridized carbons (Fsp3) is 0.241. The highest BCUT2D eigenvalue weighted by Gasteiger charge is 2.16. The molecule has 5 rings (SSSR count). The van der Waals surface area contributed by atoms with Crippen molar-refractivity contribution in [1.29, 1.82) is 0 Å². The molecule has 6 nitrogen and oxygen atoms in total. The van der Waals surface area contributed by atoms with Crippen LogP contribution in [0.2, 0.25) is 0 Å². The van der Waals surface area contributed by atoms with E-state index < -0.39 is 5.91 Å². The van der Waals surface area contributed by atoms with Crippen molar-refractivity contribution in [2.75, 3.05) is 31.3 Å². The second-order valence-corrected chi connectivity index (χ2v) is 10.0. The Morgan fingerprint density at radius 2 is 1.72 bits per heavy atom. The van der Waals surface area contributed by atoms with E-state index in [1.54, 1.807) is 23.5 Å². The van der Waals surface area contributed by atoms with Crippen molar-refractivity contribution < 1.29 is 14.3 Å². The summed E-state index contributed by atoms with van der Waals surface area (Å²) in [7, 11) is 0. The zero-order chi connectivity index (χ0) is 24.9. The second-order valence-electron chi connectivity index (χ2n) is 9.00. The molecule has 7 heteroatoms. The Kier molecular flexibility index (Phi) is 7.41. The molecule has 36 heavy (non-hydrogen) atoms. The second kappa shape index (κ2) is 11.0. The van der Waals surface area contributed by atoms with E-state index in [2.05, 4.69) is 53.4 Å². The molecule has 1 amide bonds. The summed E-state index contributed by atoms with van der Waals surface area (Å²) in [6, 6.07) is 24.2. The number of likely N-dealkylation sites (tertiary alicyclic amines) is 1. The number of anilines is 1. The predicted octanol–water partition coefficient (Wildman–Crippen LogP) is 5.04. The third-order valence-electron chi connectivity index (χ3n) is 6.62. The summed E-state index contributed by atoms with van der Waals surface area (Å²) in [5.74, 6) is 5.87. The van der Waals surface area contributed by atoms with Gasteiger partial charge in [-0.05, 0) is 84.8 Å². The Morgan fingerprint density at radius 1 is 1.00 bits per heavy atom. The first-order valence-corrected chi connectivity index (χ1v) is 13.0. The molecule has 0 bridgehead atoms. The number of fused-ring (bicyclic) bond motifs is 1. The molecule has 1 aromatic heterocycles. The number of hydrazine groups is 1. The van der Waals surface area contributed by atoms with Crippen molar-refractivity contribution in [3.8, 4) is 16.2 Å². The quantitative estimate of drug-likeness (QED) is 0.115. The molecule has 2 heterocycles. The summed E-state index contributed by atoms with van der Waals surface area (Å²) in [5, 5.41) is 2.10. The maximum absolute atomic E-state index is 11.6. The first kappa shape index (κ1) is 24.2. The number of hydrogen-bond donors (Lipinski definition) is 1. The van der Waals surface area contributed by atoms with Gasteiger partial charge < -0.3 is 4.74 Å². The van der Waals surface area contributed by atoms with E-state index in [4.69, 9.17) is 10.6 Å². The van der Waals surface area contributed by atoms with Gasteiger partial charge in [-0.1, -0.05) is 42.5 Å². The lowest BCUT2D eigenvalue weighted by Gasteiger charge is -2.15. The SMILES string of the molecule is NN(C(=O)C=O)c1ccc(-c2sc3ccccc3c2Cc2ccc(OCCN3CCCC3)cc2)cc1. The largest absolute Gasteiger partial charge is 0.492 e. The smallest absolute Gasteiger partial charge is 0.305 e. The minimum atomic E-state index is -0.784. The monoisotopic (exact) mass is 499 g/mol. The third-order valence-corrected chi connectivity index (χ3v) is 7.89. The Labute approximate surface area is 214 Å². The normalized spacial score (nSPS) is 13.7. The molecule has 2 N–H and O–H groups in total. The van der Waals surface area contributed by atoms with Gasteiger partial charge in [-0.25, -0.2) is 10.9 Å². The van der Waals surface area contributed by atoms with Crippen LogP contribution in [0.1, 0.15) is 24.0 Å². The number of benzene rings is 3. The molecule has 0 atom stereocenters. The van der Waals surface area contributed by atoms with Crippen molar-refractivity contribution in [1.82, 2.24) is 4.90 Å². The van der Waals surface area contributed by atoms with Crippen LogP contribution in [-0.2, 0) is 16.0 Å². The van der Waals surface area contributed by atoms with E-state index in [0.29, 0.717) is 12.3 Å². The first-order chi connectivity index (χ1) is 17.6. The minimum Gasteiger partial charge on any atom is -0.492 e. The molecule has 4 aromatic rings. The van der Waals surface area contributed by atoms with Gasteiger partial charge >= 0.3 is 5.91 Å². The van der Waals surface area contributed by atoms with E-state index in [9.17, 15) is 9.59 Å². The highest BCUT2D eigenvalue weighted by atomic mass is 32.1. The van der Waals surface area contributed by atoms with Gasteiger partial charge in [0.2, 0.25) is 6.29 Å². The Morgan fingerprint density at radius 3 is 2.44 bits per heavy atom. The van der Waals surface area contributed by atoms with Gasteiger partial charge in [-0.15, -0.1) is 11.3 Å². The van der Waals surface area contributed by atoms with Gasteiger partial charge in [0.15, 0.2) is 0 Å². The van der Waals surface area contributed by atoms with Gasteiger partial charge in [0, 0.05) is 16.1 Å². The average molecular weight is 500 g/mol. The van der Waals surface area contributed by atoms with E-state index in [-0.39, 0.29) is 6.29 Å². The van der Waals surface area contributed by atoms with Crippen LogP contribution in [0.15, 0.2) is 72.8 Å². The molecule has 1 saturated heterocycles. The van der Waals surface area contributed by atoms with Gasteiger partial charge in [-0.3, -0.25) is 14.5 Å². The van der Waals surface area contributed by atoms with Crippen LogP contribution >= 0.6 is 11.3 Å². The number of amides is 1. The first-order valence-electron chi connectivity index (χ1n) is 12.2. The molecule has 0 radical (unpaired) electrons. The molecular formula is C29H29N3O3S. The molecule has 0 aliphatic carbocycles. The van der Waals surface area contributed by atoms with Gasteiger partial charge in [0.05, 0.1) is 5.69 Å². The Balaban J connectivity index is 1.35. The summed E-state index contributed by atoms with van der Waals surface area (Å²) >= 11 is 1.75. The maximum Gasteiger partial charge on any atom is 0.305 e. The van der Waals surface area contributed by atoms with Crippen LogP contribution in [0.25, 0.3) is 20.5 Å². The fourth-order valence-electron chi connectivity index (χ4n) is 4.67. The fourth-order valence-corrected chi connectivity index (χ4v) is 5.90. The van der Waals surface area contributed by atoms with Crippen LogP contribution in [0.5, 0.6) is 5.75 Å².